The van der Waals surface area contributed by atoms with Crippen LogP contribution in [0.1, 0.15) is 41.4 Å². The number of carbonyl (C=O) groups is 1. The number of carbonyl (C=O) groups excluding carboxylic acids is 1. The van der Waals surface area contributed by atoms with Gasteiger partial charge in [-0.25, -0.2) is 9.48 Å². The Balaban J connectivity index is 1.89. The lowest BCUT2D eigenvalue weighted by Gasteiger charge is -2.13. The standard InChI is InChI=1S/C24H23ClN4O3S/c1-14(2)17-10-5-6-11-18(17)29-21(19(25)20(28-29)24(30)31-13-33-4)23-27-26-22(32-23)16-9-7-8-15(3)12-16/h5-12,14H,13H2,1-4H3. The number of benzene rings is 2. The SMILES string of the molecule is CSCOC(=O)c1nn(-c2ccccc2C(C)C)c(-c2nnc(-c3cccc(C)c3)o2)c1Cl. The van der Waals surface area contributed by atoms with Crippen LogP contribution in [0.25, 0.3) is 28.7 Å². The van der Waals surface area contributed by atoms with E-state index in [4.69, 9.17) is 20.8 Å². The van der Waals surface area contributed by atoms with E-state index in [1.807, 2.05) is 61.7 Å². The molecule has 2 aromatic carbocycles. The molecule has 0 fully saturated rings. The minimum Gasteiger partial charge on any atom is -0.450 e. The summed E-state index contributed by atoms with van der Waals surface area (Å²) in [4.78, 5) is 12.7. The van der Waals surface area contributed by atoms with Crippen molar-refractivity contribution in [3.05, 3.63) is 70.4 Å². The van der Waals surface area contributed by atoms with E-state index < -0.39 is 5.97 Å². The van der Waals surface area contributed by atoms with Gasteiger partial charge in [-0.1, -0.05) is 61.3 Å². The first-order valence-electron chi connectivity index (χ1n) is 10.4. The van der Waals surface area contributed by atoms with Crippen LogP contribution < -0.4 is 0 Å². The van der Waals surface area contributed by atoms with Crippen LogP contribution >= 0.6 is 23.4 Å². The van der Waals surface area contributed by atoms with Crippen LogP contribution in [-0.2, 0) is 4.74 Å². The van der Waals surface area contributed by atoms with Gasteiger partial charge in [0.2, 0.25) is 5.89 Å². The summed E-state index contributed by atoms with van der Waals surface area (Å²) >= 11 is 8.06. The maximum Gasteiger partial charge on any atom is 0.361 e. The average molecular weight is 483 g/mol. The number of hydrogen-bond donors (Lipinski definition) is 0. The molecule has 170 valence electrons. The van der Waals surface area contributed by atoms with E-state index >= 15 is 0 Å². The molecule has 0 atom stereocenters. The smallest absolute Gasteiger partial charge is 0.361 e. The van der Waals surface area contributed by atoms with Crippen LogP contribution in [0.4, 0.5) is 0 Å². The van der Waals surface area contributed by atoms with Crippen molar-refractivity contribution in [2.24, 2.45) is 0 Å². The molecule has 0 spiro atoms. The number of ether oxygens (including phenoxy) is 1. The molecule has 2 heterocycles. The van der Waals surface area contributed by atoms with Crippen LogP contribution in [0.5, 0.6) is 0 Å². The van der Waals surface area contributed by atoms with Gasteiger partial charge in [0.05, 0.1) is 5.69 Å². The summed E-state index contributed by atoms with van der Waals surface area (Å²) in [6.07, 6.45) is 1.84. The number of esters is 1. The normalized spacial score (nSPS) is 11.2. The molecule has 0 radical (unpaired) electrons. The van der Waals surface area contributed by atoms with Gasteiger partial charge >= 0.3 is 5.97 Å². The zero-order valence-corrected chi connectivity index (χ0v) is 20.3. The van der Waals surface area contributed by atoms with Crippen LogP contribution in [0.15, 0.2) is 52.9 Å². The van der Waals surface area contributed by atoms with Crippen molar-refractivity contribution in [3.63, 3.8) is 0 Å². The number of halogens is 1. The third-order valence-electron chi connectivity index (χ3n) is 5.01. The molecule has 9 heteroatoms. The summed E-state index contributed by atoms with van der Waals surface area (Å²) in [6, 6.07) is 15.5. The fraction of sp³-hybridized carbons (Fsp3) is 0.250. The molecule has 0 unspecified atom stereocenters. The van der Waals surface area contributed by atoms with E-state index in [0.717, 1.165) is 22.4 Å². The second kappa shape index (κ2) is 9.80. The van der Waals surface area contributed by atoms with Crippen molar-refractivity contribution in [2.75, 3.05) is 12.2 Å². The van der Waals surface area contributed by atoms with Crippen molar-refractivity contribution in [1.82, 2.24) is 20.0 Å². The fourth-order valence-corrected chi connectivity index (χ4v) is 3.95. The molecule has 2 aromatic heterocycles. The summed E-state index contributed by atoms with van der Waals surface area (Å²) < 4.78 is 12.8. The van der Waals surface area contributed by atoms with Gasteiger partial charge in [-0.15, -0.1) is 22.0 Å². The lowest BCUT2D eigenvalue weighted by Crippen LogP contribution is -2.08. The van der Waals surface area contributed by atoms with Gasteiger partial charge in [-0.3, -0.25) is 0 Å². The van der Waals surface area contributed by atoms with Gasteiger partial charge < -0.3 is 9.15 Å². The van der Waals surface area contributed by atoms with Gasteiger partial charge in [0.15, 0.2) is 11.4 Å². The molecule has 0 bridgehead atoms. The maximum absolute atomic E-state index is 12.7. The number of thioether (sulfide) groups is 1. The Labute approximate surface area is 201 Å². The highest BCUT2D eigenvalue weighted by Gasteiger charge is 2.29. The van der Waals surface area contributed by atoms with Crippen molar-refractivity contribution in [2.45, 2.75) is 26.7 Å². The Bertz CT molecular complexity index is 1300. The van der Waals surface area contributed by atoms with Crippen LogP contribution in [0.3, 0.4) is 0 Å². The summed E-state index contributed by atoms with van der Waals surface area (Å²) in [5.74, 6) is 0.287. The zero-order valence-electron chi connectivity index (χ0n) is 18.7. The van der Waals surface area contributed by atoms with E-state index in [9.17, 15) is 4.79 Å². The topological polar surface area (TPSA) is 83.0 Å². The van der Waals surface area contributed by atoms with E-state index in [0.29, 0.717) is 11.6 Å². The quantitative estimate of drug-likeness (QED) is 0.230. The van der Waals surface area contributed by atoms with Crippen molar-refractivity contribution < 1.29 is 13.9 Å². The third-order valence-corrected chi connectivity index (χ3v) is 5.72. The summed E-state index contributed by atoms with van der Waals surface area (Å²) in [5.41, 5.74) is 3.99. The van der Waals surface area contributed by atoms with Crippen LogP contribution in [-0.4, -0.2) is 38.1 Å². The number of hydrogen-bond acceptors (Lipinski definition) is 7. The van der Waals surface area contributed by atoms with Gasteiger partial charge in [0.1, 0.15) is 11.0 Å². The lowest BCUT2D eigenvalue weighted by molar-refractivity contribution is 0.0572. The number of aromatic nitrogens is 4. The number of para-hydroxylation sites is 1. The second-order valence-electron chi connectivity index (χ2n) is 7.76. The first-order valence-corrected chi connectivity index (χ1v) is 12.1. The fourth-order valence-electron chi connectivity index (χ4n) is 3.45. The zero-order chi connectivity index (χ0) is 23.5. The molecule has 7 nitrogen and oxygen atoms in total. The highest BCUT2D eigenvalue weighted by molar-refractivity contribution is 7.98. The Morgan fingerprint density at radius 2 is 1.91 bits per heavy atom. The molecule has 0 amide bonds. The van der Waals surface area contributed by atoms with Gasteiger partial charge in [0, 0.05) is 5.56 Å². The monoisotopic (exact) mass is 482 g/mol. The Kier molecular flexibility index (Phi) is 6.85. The first kappa shape index (κ1) is 23.1. The first-order chi connectivity index (χ1) is 15.9. The number of aryl methyl sites for hydroxylation is 1. The molecule has 0 aliphatic heterocycles. The van der Waals surface area contributed by atoms with E-state index in [1.165, 1.54) is 11.8 Å². The maximum atomic E-state index is 12.7. The van der Waals surface area contributed by atoms with Gasteiger partial charge in [0.25, 0.3) is 5.89 Å². The molecule has 0 saturated heterocycles. The van der Waals surface area contributed by atoms with Gasteiger partial charge in [-0.2, -0.15) is 5.10 Å². The molecule has 4 aromatic rings. The Hall–Kier alpha value is -3.10. The third kappa shape index (κ3) is 4.67. The van der Waals surface area contributed by atoms with Crippen molar-refractivity contribution in [3.8, 4) is 28.7 Å². The average Bonchev–Trinajstić information content (AvgIpc) is 3.42. The molecular weight excluding hydrogens is 460 g/mol. The molecule has 0 N–H and O–H groups in total. The largest absolute Gasteiger partial charge is 0.450 e. The Morgan fingerprint density at radius 3 is 2.64 bits per heavy atom. The van der Waals surface area contributed by atoms with E-state index in [1.54, 1.807) is 4.68 Å². The highest BCUT2D eigenvalue weighted by atomic mass is 35.5. The summed E-state index contributed by atoms with van der Waals surface area (Å²) in [5, 5.41) is 13.1. The van der Waals surface area contributed by atoms with Crippen molar-refractivity contribution >= 4 is 29.3 Å². The number of rotatable bonds is 7. The number of nitrogens with zero attached hydrogens (tertiary/aromatic N) is 4. The highest BCUT2D eigenvalue weighted by Crippen LogP contribution is 2.36. The predicted molar refractivity (Wildman–Crippen MR) is 130 cm³/mol. The molecular formula is C24H23ClN4O3S. The second-order valence-corrected chi connectivity index (χ2v) is 8.95. The van der Waals surface area contributed by atoms with Crippen LogP contribution in [0, 0.1) is 6.92 Å². The minimum atomic E-state index is -0.616. The molecule has 0 aliphatic carbocycles. The Morgan fingerprint density at radius 1 is 1.15 bits per heavy atom. The van der Waals surface area contributed by atoms with Crippen molar-refractivity contribution in [1.29, 1.82) is 0 Å². The molecule has 0 saturated carbocycles. The van der Waals surface area contributed by atoms with E-state index in [2.05, 4.69) is 29.1 Å². The molecule has 4 rings (SSSR count). The summed E-state index contributed by atoms with van der Waals surface area (Å²) in [6.45, 7) is 6.15. The molecule has 0 aliphatic rings. The predicted octanol–water partition coefficient (Wildman–Crippen LogP) is 6.15. The lowest BCUT2D eigenvalue weighted by atomic mass is 10.0. The van der Waals surface area contributed by atoms with E-state index in [-0.39, 0.29) is 28.5 Å². The van der Waals surface area contributed by atoms with Crippen LogP contribution in [0.2, 0.25) is 5.02 Å². The molecule has 33 heavy (non-hydrogen) atoms. The van der Waals surface area contributed by atoms with Gasteiger partial charge in [-0.05, 0) is 42.9 Å². The minimum absolute atomic E-state index is 0.00502. The summed E-state index contributed by atoms with van der Waals surface area (Å²) in [7, 11) is 0.